The summed E-state index contributed by atoms with van der Waals surface area (Å²) in [6.07, 6.45) is 6.94. The molecule has 106 valence electrons. The molecule has 1 aliphatic heterocycles. The first-order valence-electron chi connectivity index (χ1n) is 7.02. The van der Waals surface area contributed by atoms with Gasteiger partial charge in [-0.15, -0.1) is 0 Å². The summed E-state index contributed by atoms with van der Waals surface area (Å²) in [5.74, 6) is 0.426. The molecule has 0 radical (unpaired) electrons. The smallest absolute Gasteiger partial charge is 0.241 e. The number of nitrogens with zero attached hydrogens (tertiary/aromatic N) is 3. The fourth-order valence-corrected chi connectivity index (χ4v) is 2.38. The van der Waals surface area contributed by atoms with E-state index in [0.717, 1.165) is 19.6 Å². The lowest BCUT2D eigenvalue weighted by Crippen LogP contribution is -2.36. The molecule has 0 spiro atoms. The molecule has 0 bridgehead atoms. The van der Waals surface area contributed by atoms with Crippen molar-refractivity contribution in [2.24, 2.45) is 0 Å². The van der Waals surface area contributed by atoms with Gasteiger partial charge in [-0.3, -0.25) is 9.48 Å². The predicted molar refractivity (Wildman–Crippen MR) is 74.6 cm³/mol. The van der Waals surface area contributed by atoms with E-state index in [2.05, 4.69) is 15.3 Å². The van der Waals surface area contributed by atoms with Crippen LogP contribution in [-0.2, 0) is 11.3 Å². The molecule has 0 saturated carbocycles. The van der Waals surface area contributed by atoms with E-state index in [1.165, 1.54) is 25.7 Å². The molecule has 3 N–H and O–H groups in total. The normalized spacial score (nSPS) is 17.1. The van der Waals surface area contributed by atoms with Crippen molar-refractivity contribution in [3.05, 3.63) is 12.3 Å². The minimum Gasteiger partial charge on any atom is -0.382 e. The van der Waals surface area contributed by atoms with Crippen LogP contribution in [-0.4, -0.2) is 46.8 Å². The minimum atomic E-state index is -0.0158. The molecular formula is C13H23N5O. The van der Waals surface area contributed by atoms with Gasteiger partial charge in [-0.05, 0) is 32.0 Å². The van der Waals surface area contributed by atoms with Crippen molar-refractivity contribution < 1.29 is 4.79 Å². The largest absolute Gasteiger partial charge is 0.382 e. The Bertz CT molecular complexity index is 395. The summed E-state index contributed by atoms with van der Waals surface area (Å²) in [6, 6.07) is 1.69. The molecule has 19 heavy (non-hydrogen) atoms. The predicted octanol–water partition coefficient (Wildman–Crippen LogP) is 0.457. The number of rotatable bonds is 5. The Morgan fingerprint density at radius 1 is 1.32 bits per heavy atom. The molecule has 1 fully saturated rings. The van der Waals surface area contributed by atoms with Crippen molar-refractivity contribution in [3.8, 4) is 0 Å². The zero-order chi connectivity index (χ0) is 13.5. The minimum absolute atomic E-state index is 0.0158. The SMILES string of the molecule is Nc1ccn(CC(=O)NCCN2CCCCCC2)n1. The molecule has 6 nitrogen and oxygen atoms in total. The maximum absolute atomic E-state index is 11.7. The van der Waals surface area contributed by atoms with Crippen molar-refractivity contribution in [2.45, 2.75) is 32.2 Å². The molecule has 2 rings (SSSR count). The molecule has 6 heteroatoms. The first-order chi connectivity index (χ1) is 9.24. The van der Waals surface area contributed by atoms with E-state index in [9.17, 15) is 4.79 Å². The number of nitrogens with two attached hydrogens (primary N) is 1. The monoisotopic (exact) mass is 265 g/mol. The molecule has 0 atom stereocenters. The molecular weight excluding hydrogens is 242 g/mol. The lowest BCUT2D eigenvalue weighted by molar-refractivity contribution is -0.121. The summed E-state index contributed by atoms with van der Waals surface area (Å²) in [5.41, 5.74) is 5.50. The van der Waals surface area contributed by atoms with Gasteiger partial charge in [-0.2, -0.15) is 5.10 Å². The Morgan fingerprint density at radius 3 is 2.68 bits per heavy atom. The number of carbonyl (C=O) groups is 1. The summed E-state index contributed by atoms with van der Waals surface area (Å²) in [6.45, 7) is 4.19. The second-order valence-electron chi connectivity index (χ2n) is 5.04. The lowest BCUT2D eigenvalue weighted by atomic mass is 10.2. The van der Waals surface area contributed by atoms with Crippen LogP contribution < -0.4 is 11.1 Å². The summed E-state index contributed by atoms with van der Waals surface area (Å²) in [4.78, 5) is 14.1. The second kappa shape index (κ2) is 7.13. The van der Waals surface area contributed by atoms with E-state index in [4.69, 9.17) is 5.73 Å². The quantitative estimate of drug-likeness (QED) is 0.811. The van der Waals surface area contributed by atoms with Gasteiger partial charge in [0.05, 0.1) is 0 Å². The van der Waals surface area contributed by atoms with Crippen molar-refractivity contribution >= 4 is 11.7 Å². The molecule has 0 aliphatic carbocycles. The van der Waals surface area contributed by atoms with Crippen LogP contribution in [0.25, 0.3) is 0 Å². The molecule has 1 aromatic heterocycles. The van der Waals surface area contributed by atoms with Gasteiger partial charge in [0, 0.05) is 19.3 Å². The highest BCUT2D eigenvalue weighted by atomic mass is 16.2. The number of likely N-dealkylation sites (tertiary alicyclic amines) is 1. The fourth-order valence-electron chi connectivity index (χ4n) is 2.38. The third kappa shape index (κ3) is 4.90. The second-order valence-corrected chi connectivity index (χ2v) is 5.04. The highest BCUT2D eigenvalue weighted by molar-refractivity contribution is 5.75. The van der Waals surface area contributed by atoms with Gasteiger partial charge in [-0.1, -0.05) is 12.8 Å². The van der Waals surface area contributed by atoms with Crippen LogP contribution in [0.1, 0.15) is 25.7 Å². The number of hydrogen-bond acceptors (Lipinski definition) is 4. The van der Waals surface area contributed by atoms with E-state index < -0.39 is 0 Å². The molecule has 1 aromatic rings. The number of anilines is 1. The van der Waals surface area contributed by atoms with E-state index in [-0.39, 0.29) is 12.5 Å². The van der Waals surface area contributed by atoms with Gasteiger partial charge in [0.2, 0.25) is 5.91 Å². The van der Waals surface area contributed by atoms with Crippen molar-refractivity contribution in [1.82, 2.24) is 20.0 Å². The highest BCUT2D eigenvalue weighted by Gasteiger charge is 2.09. The van der Waals surface area contributed by atoms with Gasteiger partial charge < -0.3 is 16.0 Å². The third-order valence-corrected chi connectivity index (χ3v) is 3.42. The van der Waals surface area contributed by atoms with Crippen LogP contribution in [0.4, 0.5) is 5.82 Å². The maximum Gasteiger partial charge on any atom is 0.241 e. The summed E-state index contributed by atoms with van der Waals surface area (Å²) < 4.78 is 1.55. The van der Waals surface area contributed by atoms with Crippen LogP contribution in [0.5, 0.6) is 0 Å². The summed E-state index contributed by atoms with van der Waals surface area (Å²) >= 11 is 0. The van der Waals surface area contributed by atoms with Crippen LogP contribution >= 0.6 is 0 Å². The number of carbonyl (C=O) groups excluding carboxylic acids is 1. The van der Waals surface area contributed by atoms with Crippen LogP contribution in [0, 0.1) is 0 Å². The summed E-state index contributed by atoms with van der Waals surface area (Å²) in [5, 5.41) is 6.91. The Balaban J connectivity index is 1.63. The molecule has 2 heterocycles. The van der Waals surface area contributed by atoms with Crippen molar-refractivity contribution in [1.29, 1.82) is 0 Å². The number of amides is 1. The Kier molecular flexibility index (Phi) is 5.20. The first-order valence-corrected chi connectivity index (χ1v) is 7.02. The van der Waals surface area contributed by atoms with E-state index in [0.29, 0.717) is 12.4 Å². The average Bonchev–Trinajstić information content (AvgIpc) is 2.65. The number of hydrogen-bond donors (Lipinski definition) is 2. The van der Waals surface area contributed by atoms with Crippen molar-refractivity contribution in [3.63, 3.8) is 0 Å². The van der Waals surface area contributed by atoms with Gasteiger partial charge in [0.15, 0.2) is 0 Å². The Morgan fingerprint density at radius 2 is 2.05 bits per heavy atom. The molecule has 0 unspecified atom stereocenters. The standard InChI is InChI=1S/C13H23N5O/c14-12-5-9-18(16-12)11-13(19)15-6-10-17-7-3-1-2-4-8-17/h5,9H,1-4,6-8,10-11H2,(H2,14,16)(H,15,19). The molecule has 1 aliphatic rings. The van der Waals surface area contributed by atoms with Gasteiger partial charge >= 0.3 is 0 Å². The topological polar surface area (TPSA) is 76.2 Å². The number of aromatic nitrogens is 2. The number of nitrogens with one attached hydrogen (secondary N) is 1. The van der Waals surface area contributed by atoms with Gasteiger partial charge in [0.1, 0.15) is 12.4 Å². The first kappa shape index (κ1) is 13.9. The molecule has 1 amide bonds. The third-order valence-electron chi connectivity index (χ3n) is 3.42. The molecule has 1 saturated heterocycles. The van der Waals surface area contributed by atoms with Gasteiger partial charge in [-0.25, -0.2) is 0 Å². The average molecular weight is 265 g/mol. The maximum atomic E-state index is 11.7. The zero-order valence-corrected chi connectivity index (χ0v) is 11.3. The van der Waals surface area contributed by atoms with Crippen molar-refractivity contribution in [2.75, 3.05) is 31.9 Å². The fraction of sp³-hybridized carbons (Fsp3) is 0.692. The summed E-state index contributed by atoms with van der Waals surface area (Å²) in [7, 11) is 0. The van der Waals surface area contributed by atoms with E-state index >= 15 is 0 Å². The number of nitrogen functional groups attached to an aromatic ring is 1. The Hall–Kier alpha value is -1.56. The highest BCUT2D eigenvalue weighted by Crippen LogP contribution is 2.08. The van der Waals surface area contributed by atoms with Crippen LogP contribution in [0.2, 0.25) is 0 Å². The van der Waals surface area contributed by atoms with Gasteiger partial charge in [0.25, 0.3) is 0 Å². The van der Waals surface area contributed by atoms with Crippen LogP contribution in [0.3, 0.4) is 0 Å². The van der Waals surface area contributed by atoms with E-state index in [1.807, 2.05) is 0 Å². The molecule has 0 aromatic carbocycles. The zero-order valence-electron chi connectivity index (χ0n) is 11.3. The Labute approximate surface area is 113 Å². The lowest BCUT2D eigenvalue weighted by Gasteiger charge is -2.19. The van der Waals surface area contributed by atoms with Crippen LogP contribution in [0.15, 0.2) is 12.3 Å². The van der Waals surface area contributed by atoms with E-state index in [1.54, 1.807) is 16.9 Å².